The fourth-order valence-corrected chi connectivity index (χ4v) is 3.56. The molecule has 0 unspecified atom stereocenters. The van der Waals surface area contributed by atoms with Crippen molar-refractivity contribution in [3.8, 4) is 0 Å². The number of nitrogens with zero attached hydrogens (tertiary/aromatic N) is 2. The zero-order chi connectivity index (χ0) is 14.4. The molecule has 5 nitrogen and oxygen atoms in total. The van der Waals surface area contributed by atoms with E-state index in [2.05, 4.69) is 10.2 Å². The van der Waals surface area contributed by atoms with Gasteiger partial charge in [-0.1, -0.05) is 0 Å². The van der Waals surface area contributed by atoms with E-state index in [9.17, 15) is 14.0 Å². The van der Waals surface area contributed by atoms with E-state index in [0.717, 1.165) is 13.0 Å². The Morgan fingerprint density at radius 3 is 2.35 bits per heavy atom. The van der Waals surface area contributed by atoms with Crippen molar-refractivity contribution >= 4 is 11.8 Å². The van der Waals surface area contributed by atoms with Crippen molar-refractivity contribution in [3.05, 3.63) is 0 Å². The molecule has 2 amide bonds. The summed E-state index contributed by atoms with van der Waals surface area (Å²) in [5.41, 5.74) is -2.12. The van der Waals surface area contributed by atoms with Gasteiger partial charge in [0, 0.05) is 26.2 Å². The van der Waals surface area contributed by atoms with Crippen LogP contribution in [0.5, 0.6) is 0 Å². The van der Waals surface area contributed by atoms with E-state index in [1.54, 1.807) is 4.90 Å². The van der Waals surface area contributed by atoms with Gasteiger partial charge in [0.05, 0.1) is 0 Å². The highest BCUT2D eigenvalue weighted by molar-refractivity contribution is 5.89. The van der Waals surface area contributed by atoms with Gasteiger partial charge in [0.25, 0.3) is 5.91 Å². The van der Waals surface area contributed by atoms with Crippen molar-refractivity contribution < 1.29 is 14.0 Å². The molecule has 3 fully saturated rings. The maximum absolute atomic E-state index is 14.2. The Morgan fingerprint density at radius 1 is 1.20 bits per heavy atom. The molecule has 2 saturated heterocycles. The summed E-state index contributed by atoms with van der Waals surface area (Å²) in [4.78, 5) is 28.1. The van der Waals surface area contributed by atoms with Gasteiger partial charge in [-0.15, -0.1) is 0 Å². The number of alkyl halides is 1. The fourth-order valence-electron chi connectivity index (χ4n) is 3.56. The number of piperazine rings is 1. The minimum Gasteiger partial charge on any atom is -0.353 e. The van der Waals surface area contributed by atoms with Gasteiger partial charge in [0.2, 0.25) is 5.91 Å². The van der Waals surface area contributed by atoms with Gasteiger partial charge in [0.15, 0.2) is 5.67 Å². The summed E-state index contributed by atoms with van der Waals surface area (Å²) in [6, 6.07) is 0. The summed E-state index contributed by atoms with van der Waals surface area (Å²) in [5.74, 6) is -0.311. The van der Waals surface area contributed by atoms with Crippen LogP contribution in [0.2, 0.25) is 0 Å². The molecule has 2 aliphatic heterocycles. The van der Waals surface area contributed by atoms with Crippen LogP contribution >= 0.6 is 0 Å². The summed E-state index contributed by atoms with van der Waals surface area (Å²) in [7, 11) is 1.96. The van der Waals surface area contributed by atoms with E-state index in [0.29, 0.717) is 45.3 Å². The van der Waals surface area contributed by atoms with Gasteiger partial charge < -0.3 is 10.2 Å². The van der Waals surface area contributed by atoms with E-state index < -0.39 is 11.2 Å². The molecule has 112 valence electrons. The van der Waals surface area contributed by atoms with Gasteiger partial charge >= 0.3 is 0 Å². The Bertz CT molecular complexity index is 428. The van der Waals surface area contributed by atoms with Crippen molar-refractivity contribution in [2.45, 2.75) is 43.3 Å². The monoisotopic (exact) mass is 283 g/mol. The van der Waals surface area contributed by atoms with Crippen LogP contribution in [0, 0.1) is 0 Å². The molecule has 1 spiro atoms. The molecule has 0 radical (unpaired) electrons. The maximum atomic E-state index is 14.2. The predicted molar refractivity (Wildman–Crippen MR) is 71.9 cm³/mol. The number of nitrogens with one attached hydrogen (secondary N) is 1. The number of likely N-dealkylation sites (tertiary alicyclic amines) is 1. The highest BCUT2D eigenvalue weighted by Gasteiger charge is 2.51. The first-order valence-corrected chi connectivity index (χ1v) is 7.46. The average molecular weight is 283 g/mol. The standard InChI is InChI=1S/C14H22FN3O2/c1-17-10-7-16-11(19)14(17)5-8-18(9-6-14)12(20)13(15)3-2-4-13/h2-10H2,1H3,(H,16,19). The van der Waals surface area contributed by atoms with Crippen molar-refractivity contribution in [3.63, 3.8) is 0 Å². The number of halogens is 1. The molecule has 2 heterocycles. The number of carbonyl (C=O) groups excluding carboxylic acids is 2. The summed E-state index contributed by atoms with van der Waals surface area (Å²) < 4.78 is 14.2. The zero-order valence-electron chi connectivity index (χ0n) is 12.0. The Hall–Kier alpha value is -1.17. The first-order valence-electron chi connectivity index (χ1n) is 7.46. The SMILES string of the molecule is CN1CCNC(=O)C12CCN(C(=O)C1(F)CCC1)CC2. The molecule has 0 atom stereocenters. The van der Waals surface area contributed by atoms with Crippen LogP contribution in [0.4, 0.5) is 4.39 Å². The molecule has 1 aliphatic carbocycles. The first-order chi connectivity index (χ1) is 9.48. The lowest BCUT2D eigenvalue weighted by Crippen LogP contribution is -2.67. The smallest absolute Gasteiger partial charge is 0.260 e. The molecule has 0 bridgehead atoms. The number of rotatable bonds is 1. The van der Waals surface area contributed by atoms with Crippen LogP contribution in [0.15, 0.2) is 0 Å². The third-order valence-corrected chi connectivity index (χ3v) is 5.29. The molecule has 3 rings (SSSR count). The first kappa shape index (κ1) is 13.8. The van der Waals surface area contributed by atoms with Crippen LogP contribution in [-0.2, 0) is 9.59 Å². The van der Waals surface area contributed by atoms with Crippen LogP contribution in [-0.4, -0.2) is 66.0 Å². The Balaban J connectivity index is 1.67. The van der Waals surface area contributed by atoms with Gasteiger partial charge in [0.1, 0.15) is 5.54 Å². The molecule has 1 saturated carbocycles. The average Bonchev–Trinajstić information content (AvgIpc) is 2.42. The molecule has 3 aliphatic rings. The number of piperidine rings is 1. The summed E-state index contributed by atoms with van der Waals surface area (Å²) >= 11 is 0. The number of likely N-dealkylation sites (N-methyl/N-ethyl adjacent to an activating group) is 1. The second-order valence-electron chi connectivity index (χ2n) is 6.32. The minimum atomic E-state index is -1.62. The lowest BCUT2D eigenvalue weighted by atomic mass is 9.79. The van der Waals surface area contributed by atoms with E-state index in [1.165, 1.54) is 0 Å². The van der Waals surface area contributed by atoms with E-state index in [-0.39, 0.29) is 11.8 Å². The molecule has 1 N–H and O–H groups in total. The van der Waals surface area contributed by atoms with Gasteiger partial charge in [-0.25, -0.2) is 4.39 Å². The number of hydrogen-bond donors (Lipinski definition) is 1. The van der Waals surface area contributed by atoms with E-state index in [4.69, 9.17) is 0 Å². The van der Waals surface area contributed by atoms with E-state index >= 15 is 0 Å². The highest BCUT2D eigenvalue weighted by Crippen LogP contribution is 2.39. The third kappa shape index (κ3) is 1.92. The van der Waals surface area contributed by atoms with Crippen LogP contribution < -0.4 is 5.32 Å². The van der Waals surface area contributed by atoms with Crippen molar-refractivity contribution in [2.75, 3.05) is 33.2 Å². The van der Waals surface area contributed by atoms with Crippen LogP contribution in [0.25, 0.3) is 0 Å². The lowest BCUT2D eigenvalue weighted by Gasteiger charge is -2.49. The molecule has 20 heavy (non-hydrogen) atoms. The molecule has 0 aromatic carbocycles. The Labute approximate surface area is 118 Å². The predicted octanol–water partition coefficient (Wildman–Crippen LogP) is 0.301. The maximum Gasteiger partial charge on any atom is 0.260 e. The summed E-state index contributed by atoms with van der Waals surface area (Å²) in [6.07, 6.45) is 2.70. The second kappa shape index (κ2) is 4.69. The minimum absolute atomic E-state index is 0.0527. The van der Waals surface area contributed by atoms with Crippen molar-refractivity contribution in [2.24, 2.45) is 0 Å². The van der Waals surface area contributed by atoms with Gasteiger partial charge in [-0.3, -0.25) is 14.5 Å². The normalized spacial score (nSPS) is 28.9. The topological polar surface area (TPSA) is 52.7 Å². The van der Waals surface area contributed by atoms with Crippen molar-refractivity contribution in [1.29, 1.82) is 0 Å². The van der Waals surface area contributed by atoms with Crippen LogP contribution in [0.1, 0.15) is 32.1 Å². The van der Waals surface area contributed by atoms with Crippen molar-refractivity contribution in [1.82, 2.24) is 15.1 Å². The number of carbonyl (C=O) groups is 2. The quantitative estimate of drug-likeness (QED) is 0.753. The second-order valence-corrected chi connectivity index (χ2v) is 6.32. The molecule has 6 heteroatoms. The van der Waals surface area contributed by atoms with Gasteiger partial charge in [-0.2, -0.15) is 0 Å². The summed E-state index contributed by atoms with van der Waals surface area (Å²) in [6.45, 7) is 2.45. The third-order valence-electron chi connectivity index (χ3n) is 5.29. The summed E-state index contributed by atoms with van der Waals surface area (Å²) in [5, 5.41) is 2.91. The Kier molecular flexibility index (Phi) is 3.23. The largest absolute Gasteiger partial charge is 0.353 e. The van der Waals surface area contributed by atoms with Gasteiger partial charge in [-0.05, 0) is 39.2 Å². The molecule has 0 aromatic heterocycles. The van der Waals surface area contributed by atoms with E-state index in [1.807, 2.05) is 7.05 Å². The lowest BCUT2D eigenvalue weighted by molar-refractivity contribution is -0.156. The zero-order valence-corrected chi connectivity index (χ0v) is 12.0. The highest BCUT2D eigenvalue weighted by atomic mass is 19.1. The molecular formula is C14H22FN3O2. The number of amides is 2. The van der Waals surface area contributed by atoms with Crippen LogP contribution in [0.3, 0.4) is 0 Å². The molecular weight excluding hydrogens is 261 g/mol. The Morgan fingerprint density at radius 2 is 1.85 bits per heavy atom. The molecule has 0 aromatic rings. The fraction of sp³-hybridized carbons (Fsp3) is 0.857. The number of hydrogen-bond acceptors (Lipinski definition) is 3.